The van der Waals surface area contributed by atoms with Gasteiger partial charge in [-0.05, 0) is 0 Å². The summed E-state index contributed by atoms with van der Waals surface area (Å²) in [6.07, 6.45) is 2.93. The van der Waals surface area contributed by atoms with Gasteiger partial charge in [0.25, 0.3) is 0 Å². The number of carbonyl (C=O) groups excluding carboxylic acids is 1. The van der Waals surface area contributed by atoms with Crippen LogP contribution in [-0.4, -0.2) is 18.0 Å². The van der Waals surface area contributed by atoms with Gasteiger partial charge in [0, 0.05) is 7.05 Å². The van der Waals surface area contributed by atoms with Gasteiger partial charge in [0.05, 0.1) is 6.20 Å². The molecule has 0 aliphatic heterocycles. The Hall–Kier alpha value is -1.36. The standard InChI is InChI=1S/C6H8N2O3/c1-7-11-6(9)4-5-8-2-3-10-5/h2-3,7H,4H2,1H3. The van der Waals surface area contributed by atoms with E-state index in [0.717, 1.165) is 0 Å². The average molecular weight is 156 g/mol. The Bertz CT molecular complexity index is 220. The third-order valence-electron chi connectivity index (χ3n) is 0.995. The monoisotopic (exact) mass is 156 g/mol. The van der Waals surface area contributed by atoms with Gasteiger partial charge in [-0.1, -0.05) is 0 Å². The molecule has 1 heterocycles. The quantitative estimate of drug-likeness (QED) is 0.619. The molecule has 0 radical (unpaired) electrons. The van der Waals surface area contributed by atoms with E-state index in [1.807, 2.05) is 0 Å². The normalized spacial score (nSPS) is 9.55. The molecule has 0 aliphatic rings. The van der Waals surface area contributed by atoms with Gasteiger partial charge in [0.1, 0.15) is 12.7 Å². The van der Waals surface area contributed by atoms with Crippen molar-refractivity contribution >= 4 is 5.97 Å². The van der Waals surface area contributed by atoms with E-state index in [4.69, 9.17) is 4.42 Å². The second-order valence-corrected chi connectivity index (χ2v) is 1.78. The molecule has 0 aliphatic carbocycles. The van der Waals surface area contributed by atoms with Gasteiger partial charge < -0.3 is 9.25 Å². The molecular weight excluding hydrogens is 148 g/mol. The van der Waals surface area contributed by atoms with Crippen molar-refractivity contribution in [3.05, 3.63) is 18.4 Å². The van der Waals surface area contributed by atoms with E-state index in [2.05, 4.69) is 15.3 Å². The maximum absolute atomic E-state index is 10.7. The summed E-state index contributed by atoms with van der Waals surface area (Å²) in [6.45, 7) is 0. The minimum absolute atomic E-state index is 0.0494. The molecule has 5 heteroatoms. The van der Waals surface area contributed by atoms with Crippen LogP contribution < -0.4 is 5.48 Å². The predicted molar refractivity (Wildman–Crippen MR) is 35.4 cm³/mol. The molecule has 1 aromatic heterocycles. The summed E-state index contributed by atoms with van der Waals surface area (Å²) in [4.78, 5) is 18.9. The van der Waals surface area contributed by atoms with Crippen LogP contribution >= 0.6 is 0 Å². The van der Waals surface area contributed by atoms with E-state index in [9.17, 15) is 4.79 Å². The van der Waals surface area contributed by atoms with Crippen molar-refractivity contribution in [3.8, 4) is 0 Å². The van der Waals surface area contributed by atoms with Gasteiger partial charge in [-0.3, -0.25) is 0 Å². The number of carbonyl (C=O) groups is 1. The van der Waals surface area contributed by atoms with Crippen molar-refractivity contribution in [2.24, 2.45) is 0 Å². The van der Waals surface area contributed by atoms with Crippen LogP contribution in [0.4, 0.5) is 0 Å². The Labute approximate surface area is 63.3 Å². The molecule has 0 atom stereocenters. The number of hydrogen-bond donors (Lipinski definition) is 1. The van der Waals surface area contributed by atoms with E-state index in [1.54, 1.807) is 0 Å². The summed E-state index contributed by atoms with van der Waals surface area (Å²) in [7, 11) is 1.51. The van der Waals surface area contributed by atoms with Crippen molar-refractivity contribution in [3.63, 3.8) is 0 Å². The van der Waals surface area contributed by atoms with Gasteiger partial charge in [-0.2, -0.15) is 5.48 Å². The second-order valence-electron chi connectivity index (χ2n) is 1.78. The zero-order valence-electron chi connectivity index (χ0n) is 6.03. The second kappa shape index (κ2) is 3.72. The van der Waals surface area contributed by atoms with Crippen LogP contribution in [0.15, 0.2) is 16.9 Å². The van der Waals surface area contributed by atoms with E-state index < -0.39 is 5.97 Å². The van der Waals surface area contributed by atoms with Crippen LogP contribution in [-0.2, 0) is 16.1 Å². The number of nitrogens with one attached hydrogen (secondary N) is 1. The molecule has 1 rings (SSSR count). The van der Waals surface area contributed by atoms with Crippen LogP contribution in [0, 0.1) is 0 Å². The lowest BCUT2D eigenvalue weighted by Gasteiger charge is -1.96. The molecule has 60 valence electrons. The fourth-order valence-electron chi connectivity index (χ4n) is 0.614. The summed E-state index contributed by atoms with van der Waals surface area (Å²) >= 11 is 0. The Morgan fingerprint density at radius 3 is 3.27 bits per heavy atom. The summed E-state index contributed by atoms with van der Waals surface area (Å²) in [5.74, 6) is -0.0693. The fourth-order valence-corrected chi connectivity index (χ4v) is 0.614. The third kappa shape index (κ3) is 2.38. The van der Waals surface area contributed by atoms with Crippen molar-refractivity contribution in [2.45, 2.75) is 6.42 Å². The first-order valence-electron chi connectivity index (χ1n) is 3.07. The first kappa shape index (κ1) is 7.74. The number of hydroxylamine groups is 1. The highest BCUT2D eigenvalue weighted by Gasteiger charge is 2.06. The Morgan fingerprint density at radius 2 is 2.73 bits per heavy atom. The predicted octanol–water partition coefficient (Wildman–Crippen LogP) is -0.105. The largest absolute Gasteiger partial charge is 0.448 e. The van der Waals surface area contributed by atoms with E-state index >= 15 is 0 Å². The Kier molecular flexibility index (Phi) is 2.62. The lowest BCUT2D eigenvalue weighted by molar-refractivity contribution is -0.149. The van der Waals surface area contributed by atoms with Crippen LogP contribution in [0.1, 0.15) is 5.89 Å². The van der Waals surface area contributed by atoms with Gasteiger partial charge in [-0.15, -0.1) is 0 Å². The third-order valence-corrected chi connectivity index (χ3v) is 0.995. The smallest absolute Gasteiger partial charge is 0.333 e. The maximum Gasteiger partial charge on any atom is 0.333 e. The minimum atomic E-state index is -0.421. The van der Waals surface area contributed by atoms with E-state index in [0.29, 0.717) is 5.89 Å². The molecule has 0 fully saturated rings. The fraction of sp³-hybridized carbons (Fsp3) is 0.333. The molecule has 11 heavy (non-hydrogen) atoms. The van der Waals surface area contributed by atoms with Gasteiger partial charge in [0.15, 0.2) is 0 Å². The summed E-state index contributed by atoms with van der Waals surface area (Å²) in [6, 6.07) is 0. The topological polar surface area (TPSA) is 64.4 Å². The van der Waals surface area contributed by atoms with E-state index in [1.165, 1.54) is 19.5 Å². The molecule has 0 spiro atoms. The highest BCUT2D eigenvalue weighted by Crippen LogP contribution is 1.95. The Morgan fingerprint density at radius 1 is 1.91 bits per heavy atom. The van der Waals surface area contributed by atoms with Gasteiger partial charge in [-0.25, -0.2) is 9.78 Å². The molecule has 1 N–H and O–H groups in total. The summed E-state index contributed by atoms with van der Waals surface area (Å²) < 4.78 is 4.81. The average Bonchev–Trinajstić information content (AvgIpc) is 2.40. The van der Waals surface area contributed by atoms with Crippen LogP contribution in [0.3, 0.4) is 0 Å². The molecule has 0 aromatic carbocycles. The highest BCUT2D eigenvalue weighted by atomic mass is 16.7. The molecule has 0 bridgehead atoms. The van der Waals surface area contributed by atoms with Gasteiger partial charge in [0.2, 0.25) is 5.89 Å². The van der Waals surface area contributed by atoms with Crippen molar-refractivity contribution in [2.75, 3.05) is 7.05 Å². The van der Waals surface area contributed by atoms with Crippen LogP contribution in [0.5, 0.6) is 0 Å². The van der Waals surface area contributed by atoms with Crippen molar-refractivity contribution < 1.29 is 14.0 Å². The van der Waals surface area contributed by atoms with Crippen LogP contribution in [0.25, 0.3) is 0 Å². The molecule has 0 unspecified atom stereocenters. The summed E-state index contributed by atoms with van der Waals surface area (Å²) in [5, 5.41) is 0. The lowest BCUT2D eigenvalue weighted by atomic mass is 10.4. The number of rotatable bonds is 3. The zero-order chi connectivity index (χ0) is 8.10. The van der Waals surface area contributed by atoms with Crippen molar-refractivity contribution in [1.82, 2.24) is 10.5 Å². The van der Waals surface area contributed by atoms with Gasteiger partial charge >= 0.3 is 5.97 Å². The number of aromatic nitrogens is 1. The first-order chi connectivity index (χ1) is 5.33. The molecule has 0 amide bonds. The zero-order valence-corrected chi connectivity index (χ0v) is 6.03. The molecule has 1 aromatic rings. The van der Waals surface area contributed by atoms with Crippen LogP contribution in [0.2, 0.25) is 0 Å². The lowest BCUT2D eigenvalue weighted by Crippen LogP contribution is -2.16. The maximum atomic E-state index is 10.7. The summed E-state index contributed by atoms with van der Waals surface area (Å²) in [5.41, 5.74) is 2.26. The molecule has 5 nitrogen and oxygen atoms in total. The highest BCUT2D eigenvalue weighted by molar-refractivity contribution is 5.70. The van der Waals surface area contributed by atoms with E-state index in [-0.39, 0.29) is 6.42 Å². The molecular formula is C6H8N2O3. The first-order valence-corrected chi connectivity index (χ1v) is 3.07. The SMILES string of the molecule is CNOC(=O)Cc1ncco1. The number of hydrogen-bond acceptors (Lipinski definition) is 5. The minimum Gasteiger partial charge on any atom is -0.448 e. The molecule has 0 saturated heterocycles. The number of nitrogens with zero attached hydrogens (tertiary/aromatic N) is 1. The molecule has 0 saturated carbocycles. The Balaban J connectivity index is 2.37. The number of oxazole rings is 1. The van der Waals surface area contributed by atoms with Crippen molar-refractivity contribution in [1.29, 1.82) is 0 Å².